The van der Waals surface area contributed by atoms with E-state index in [9.17, 15) is 29.5 Å². The summed E-state index contributed by atoms with van der Waals surface area (Å²) in [7, 11) is 0. The van der Waals surface area contributed by atoms with Gasteiger partial charge in [0.25, 0.3) is 5.69 Å². The number of aliphatic hydroxyl groups is 2. The molecule has 72 heavy (non-hydrogen) atoms. The monoisotopic (exact) mass is 979 g/mol. The van der Waals surface area contributed by atoms with E-state index in [4.69, 9.17) is 28.9 Å². The molecular formula is C58H62FN3O10. The highest BCUT2D eigenvalue weighted by Crippen LogP contribution is 2.62. The Balaban J connectivity index is 1.30. The fraction of sp³-hybridized carbons (Fsp3) is 0.345. The van der Waals surface area contributed by atoms with Crippen LogP contribution in [-0.4, -0.2) is 70.1 Å². The van der Waals surface area contributed by atoms with Gasteiger partial charge in [0.15, 0.2) is 0 Å². The van der Waals surface area contributed by atoms with Crippen molar-refractivity contribution in [1.82, 2.24) is 4.90 Å². The average Bonchev–Trinajstić information content (AvgIpc) is 3.40. The number of carbonyl (C=O) groups excluding carboxylic acids is 1. The van der Waals surface area contributed by atoms with E-state index in [0.717, 1.165) is 47.9 Å². The molecule has 1 amide bonds. The van der Waals surface area contributed by atoms with Gasteiger partial charge in [-0.05, 0) is 126 Å². The smallest absolute Gasteiger partial charge is 0.410 e. The Hall–Kier alpha value is -7.13. The number of amides is 1. The van der Waals surface area contributed by atoms with Gasteiger partial charge in [0.2, 0.25) is 5.79 Å². The van der Waals surface area contributed by atoms with E-state index in [2.05, 4.69) is 31.4 Å². The number of benzene rings is 5. The number of nitro groups is 1. The molecular weight excluding hydrogens is 918 g/mol. The van der Waals surface area contributed by atoms with Gasteiger partial charge in [0, 0.05) is 49.8 Å². The first-order valence-electron chi connectivity index (χ1n) is 24.7. The van der Waals surface area contributed by atoms with Crippen LogP contribution in [0.1, 0.15) is 74.0 Å². The maximum atomic E-state index is 14.8. The van der Waals surface area contributed by atoms with Crippen LogP contribution in [0.3, 0.4) is 0 Å². The normalized spacial score (nSPS) is 21.3. The molecule has 5 aromatic rings. The summed E-state index contributed by atoms with van der Waals surface area (Å²) in [5, 5.41) is 36.4. The van der Waals surface area contributed by atoms with Crippen LogP contribution in [0.5, 0.6) is 17.2 Å². The van der Waals surface area contributed by atoms with Crippen LogP contribution in [0.25, 0.3) is 11.1 Å². The third-order valence-electron chi connectivity index (χ3n) is 13.8. The Morgan fingerprint density at radius 3 is 2.25 bits per heavy atom. The molecule has 14 heteroatoms. The Labute approximate surface area is 420 Å². The highest BCUT2D eigenvalue weighted by molar-refractivity contribution is 6.03. The molecule has 1 heterocycles. The number of rotatable bonds is 24. The highest BCUT2D eigenvalue weighted by Gasteiger charge is 2.65. The van der Waals surface area contributed by atoms with E-state index >= 15 is 0 Å². The first-order valence-corrected chi connectivity index (χ1v) is 24.7. The zero-order chi connectivity index (χ0) is 50.5. The van der Waals surface area contributed by atoms with E-state index in [1.54, 1.807) is 41.3 Å². The summed E-state index contributed by atoms with van der Waals surface area (Å²) in [6, 6.07) is 34.9. The number of fused-ring (bicyclic) bond motifs is 2. The number of carbonyl (C=O) groups is 1. The molecule has 6 unspecified atom stereocenters. The Kier molecular flexibility index (Phi) is 17.3. The Morgan fingerprint density at radius 1 is 0.861 bits per heavy atom. The average molecular weight is 980 g/mol. The van der Waals surface area contributed by atoms with Gasteiger partial charge in [0.05, 0.1) is 29.8 Å². The van der Waals surface area contributed by atoms with Crippen LogP contribution in [-0.2, 0) is 27.5 Å². The van der Waals surface area contributed by atoms with Crippen molar-refractivity contribution >= 4 is 17.5 Å². The molecule has 5 aromatic carbocycles. The predicted octanol–water partition coefficient (Wildman–Crippen LogP) is 12.2. The van der Waals surface area contributed by atoms with E-state index in [1.807, 2.05) is 60.7 Å². The molecule has 3 aliphatic rings. The molecule has 0 saturated heterocycles. The molecule has 6 atom stereocenters. The number of nitro benzene ring substituents is 1. The van der Waals surface area contributed by atoms with Crippen LogP contribution >= 0.6 is 0 Å². The van der Waals surface area contributed by atoms with E-state index in [-0.39, 0.29) is 69.4 Å². The van der Waals surface area contributed by atoms with Gasteiger partial charge in [-0.1, -0.05) is 90.8 Å². The minimum absolute atomic E-state index is 0.00932. The van der Waals surface area contributed by atoms with Gasteiger partial charge >= 0.3 is 6.09 Å². The topological polar surface area (TPSA) is 162 Å². The molecule has 1 saturated carbocycles. The van der Waals surface area contributed by atoms with Crippen LogP contribution in [0.4, 0.5) is 14.9 Å². The second-order valence-electron chi connectivity index (χ2n) is 18.4. The maximum Gasteiger partial charge on any atom is 0.410 e. The summed E-state index contributed by atoms with van der Waals surface area (Å²) in [4.78, 5) is 33.5. The van der Waals surface area contributed by atoms with Crippen LogP contribution in [0.15, 0.2) is 163 Å². The van der Waals surface area contributed by atoms with Crippen molar-refractivity contribution < 1.29 is 48.1 Å². The lowest BCUT2D eigenvalue weighted by molar-refractivity contribution is -0.384. The highest BCUT2D eigenvalue weighted by atomic mass is 19.1. The zero-order valence-electron chi connectivity index (χ0n) is 40.4. The van der Waals surface area contributed by atoms with Gasteiger partial charge in [-0.3, -0.25) is 15.0 Å². The van der Waals surface area contributed by atoms with Gasteiger partial charge in [-0.15, -0.1) is 13.2 Å². The van der Waals surface area contributed by atoms with Crippen molar-refractivity contribution in [3.63, 3.8) is 0 Å². The van der Waals surface area contributed by atoms with Gasteiger partial charge < -0.3 is 34.0 Å². The Bertz CT molecular complexity index is 2700. The lowest BCUT2D eigenvalue weighted by Gasteiger charge is -2.59. The van der Waals surface area contributed by atoms with Gasteiger partial charge in [0.1, 0.15) is 35.7 Å². The molecule has 2 N–H and O–H groups in total. The largest absolute Gasteiger partial charge is 0.459 e. The first-order chi connectivity index (χ1) is 35.2. The zero-order valence-corrected chi connectivity index (χ0v) is 40.4. The third kappa shape index (κ3) is 11.8. The molecule has 0 aromatic heterocycles. The summed E-state index contributed by atoms with van der Waals surface area (Å²) in [6.07, 6.45) is 9.49. The lowest BCUT2D eigenvalue weighted by Crippen LogP contribution is -2.70. The fourth-order valence-corrected chi connectivity index (χ4v) is 10.5. The molecule has 1 fully saturated rings. The number of allylic oxidation sites excluding steroid dienone is 1. The summed E-state index contributed by atoms with van der Waals surface area (Å²) in [6.45, 7) is 7.98. The van der Waals surface area contributed by atoms with E-state index in [0.29, 0.717) is 53.3 Å². The molecule has 2 aliphatic carbocycles. The number of oxime groups is 1. The van der Waals surface area contributed by atoms with E-state index < -0.39 is 34.6 Å². The summed E-state index contributed by atoms with van der Waals surface area (Å²) in [5.41, 5.74) is 5.59. The van der Waals surface area contributed by atoms with Crippen molar-refractivity contribution in [2.24, 2.45) is 22.9 Å². The van der Waals surface area contributed by atoms with Crippen LogP contribution < -0.4 is 9.47 Å². The number of hydrogen-bond donors (Lipinski definition) is 2. The van der Waals surface area contributed by atoms with Crippen molar-refractivity contribution in [2.75, 3.05) is 26.4 Å². The number of non-ortho nitro benzene ring substituents is 1. The SMILES string of the molecule is C=CCCOC(=O)N(Cc1ccc(F)cc1)C1CC(=NOCc2ccc([N+](=O)[O-])cc2)C2=CC(CCCCO)C(CCCCO)C3c4cc(Oc5ccc(-c6ccccc6)cc5)ccc4OC1(OCC=C)C23. The van der Waals surface area contributed by atoms with Crippen LogP contribution in [0.2, 0.25) is 0 Å². The second kappa shape index (κ2) is 24.3. The van der Waals surface area contributed by atoms with E-state index in [1.165, 1.54) is 24.3 Å². The number of halogens is 1. The maximum absolute atomic E-state index is 14.8. The summed E-state index contributed by atoms with van der Waals surface area (Å²) < 4.78 is 41.5. The van der Waals surface area contributed by atoms with Gasteiger partial charge in [-0.2, -0.15) is 0 Å². The van der Waals surface area contributed by atoms with Crippen LogP contribution in [0, 0.1) is 33.7 Å². The Morgan fingerprint density at radius 2 is 1.56 bits per heavy atom. The van der Waals surface area contributed by atoms with Crippen molar-refractivity contribution in [1.29, 1.82) is 0 Å². The molecule has 13 nitrogen and oxygen atoms in total. The predicted molar refractivity (Wildman–Crippen MR) is 273 cm³/mol. The molecule has 1 aliphatic heterocycles. The molecule has 0 spiro atoms. The molecule has 0 radical (unpaired) electrons. The molecule has 8 rings (SSSR count). The fourth-order valence-electron chi connectivity index (χ4n) is 10.5. The number of ether oxygens (including phenoxy) is 4. The van der Waals surface area contributed by atoms with Crippen molar-refractivity contribution in [3.05, 3.63) is 191 Å². The summed E-state index contributed by atoms with van der Waals surface area (Å²) in [5.74, 6) is -1.37. The van der Waals surface area contributed by atoms with Crippen molar-refractivity contribution in [3.8, 4) is 28.4 Å². The second-order valence-corrected chi connectivity index (χ2v) is 18.4. The quantitative estimate of drug-likeness (QED) is 0.0263. The number of aliphatic hydroxyl groups excluding tert-OH is 2. The summed E-state index contributed by atoms with van der Waals surface area (Å²) >= 11 is 0. The third-order valence-corrected chi connectivity index (χ3v) is 13.8. The number of nitrogens with zero attached hydrogens (tertiary/aromatic N) is 3. The molecule has 0 bridgehead atoms. The minimum atomic E-state index is -1.60. The lowest BCUT2D eigenvalue weighted by atomic mass is 9.55. The van der Waals surface area contributed by atoms with Crippen molar-refractivity contribution in [2.45, 2.75) is 82.3 Å². The number of hydrogen-bond acceptors (Lipinski definition) is 11. The number of unbranched alkanes of at least 4 members (excludes halogenated alkanes) is 2. The first kappa shape index (κ1) is 51.2. The standard InChI is InChI=1S/C58H62FN3O10/c1-3-5-34-68-57(65)61(38-40-17-23-45(59)24-18-40)54-37-52(60-70-39-41-19-25-46(26-20-41)62(66)67)50-35-44(15-9-11-31-63)49(16-10-12-32-64)55-51-36-48(29-30-53(51)72-58(54,56(50)55)69-33-4-2)71-47-27-21-43(22-28-47)42-13-7-6-8-14-42/h3-4,6-8,13-14,17-30,35-36,44,49,54-56,63-64H,1-2,5,9-12,15-16,31-34,37-39H2. The minimum Gasteiger partial charge on any atom is -0.459 e. The van der Waals surface area contributed by atoms with Gasteiger partial charge in [-0.25, -0.2) is 9.18 Å². The molecule has 376 valence electrons.